The van der Waals surface area contributed by atoms with Crippen LogP contribution in [0.3, 0.4) is 0 Å². The van der Waals surface area contributed by atoms with Crippen molar-refractivity contribution in [1.82, 2.24) is 15.1 Å². The van der Waals surface area contributed by atoms with Gasteiger partial charge >= 0.3 is 0 Å². The molecule has 1 aliphatic rings. The van der Waals surface area contributed by atoms with Crippen LogP contribution in [0.1, 0.15) is 18.5 Å². The van der Waals surface area contributed by atoms with Gasteiger partial charge in [0.25, 0.3) is 0 Å². The zero-order valence-corrected chi connectivity index (χ0v) is 10.4. The molecular formula is C10H17N3O2S. The molecule has 1 aromatic heterocycles. The monoisotopic (exact) mass is 243 g/mol. The molecule has 1 aromatic rings. The molecule has 0 saturated heterocycles. The predicted molar refractivity (Wildman–Crippen MR) is 61.7 cm³/mol. The molecule has 1 heterocycles. The molecule has 1 N–H and O–H groups in total. The fraction of sp³-hybridized carbons (Fsp3) is 0.700. The van der Waals surface area contributed by atoms with Gasteiger partial charge < -0.3 is 5.32 Å². The number of hydrogen-bond donors (Lipinski definition) is 1. The molecule has 1 aliphatic carbocycles. The molecule has 0 atom stereocenters. The molecule has 0 spiro atoms. The highest BCUT2D eigenvalue weighted by Crippen LogP contribution is 2.26. The third-order valence-electron chi connectivity index (χ3n) is 3.19. The highest BCUT2D eigenvalue weighted by molar-refractivity contribution is 7.91. The number of hydrogen-bond acceptors (Lipinski definition) is 4. The van der Waals surface area contributed by atoms with Crippen LogP contribution in [-0.2, 0) is 23.4 Å². The van der Waals surface area contributed by atoms with Crippen molar-refractivity contribution in [3.63, 3.8) is 0 Å². The molecule has 0 amide bonds. The van der Waals surface area contributed by atoms with Gasteiger partial charge in [0.2, 0.25) is 0 Å². The first-order chi connectivity index (χ1) is 7.47. The minimum Gasteiger partial charge on any atom is -0.308 e. The fourth-order valence-electron chi connectivity index (χ4n) is 1.91. The van der Waals surface area contributed by atoms with E-state index in [2.05, 4.69) is 10.4 Å². The quantitative estimate of drug-likeness (QED) is 0.814. The Labute approximate surface area is 95.8 Å². The summed E-state index contributed by atoms with van der Waals surface area (Å²) in [6.07, 6.45) is 4.54. The van der Waals surface area contributed by atoms with Crippen molar-refractivity contribution < 1.29 is 8.42 Å². The second-order valence-corrected chi connectivity index (χ2v) is 6.77. The molecule has 0 radical (unpaired) electrons. The highest BCUT2D eigenvalue weighted by atomic mass is 32.2. The van der Waals surface area contributed by atoms with Crippen molar-refractivity contribution in [2.24, 2.45) is 7.05 Å². The van der Waals surface area contributed by atoms with Gasteiger partial charge in [-0.2, -0.15) is 5.10 Å². The molecule has 0 aliphatic heterocycles. The van der Waals surface area contributed by atoms with Gasteiger partial charge in [-0.15, -0.1) is 0 Å². The molecule has 5 nitrogen and oxygen atoms in total. The first-order valence-corrected chi connectivity index (χ1v) is 7.31. The molecule has 0 unspecified atom stereocenters. The fourth-order valence-corrected chi connectivity index (χ4v) is 3.07. The third kappa shape index (κ3) is 2.44. The average molecular weight is 243 g/mol. The lowest BCUT2D eigenvalue weighted by Gasteiger charge is -2.34. The highest BCUT2D eigenvalue weighted by Gasteiger charge is 2.35. The standard InChI is InChI=1S/C10H17N3O2S/c1-13-9(3-4-12-13)7-11-8-5-10(6-8)16(2,14)15/h3-4,8,10-11H,5-7H2,1-2H3. The van der Waals surface area contributed by atoms with Crippen molar-refractivity contribution in [3.8, 4) is 0 Å². The van der Waals surface area contributed by atoms with Crippen LogP contribution in [0.5, 0.6) is 0 Å². The van der Waals surface area contributed by atoms with Gasteiger partial charge in [-0.3, -0.25) is 4.68 Å². The van der Waals surface area contributed by atoms with E-state index in [9.17, 15) is 8.42 Å². The Kier molecular flexibility index (Phi) is 3.03. The van der Waals surface area contributed by atoms with Crippen molar-refractivity contribution in [2.75, 3.05) is 6.26 Å². The molecule has 16 heavy (non-hydrogen) atoms. The molecule has 90 valence electrons. The number of rotatable bonds is 4. The van der Waals surface area contributed by atoms with Crippen LogP contribution in [0, 0.1) is 0 Å². The van der Waals surface area contributed by atoms with E-state index in [-0.39, 0.29) is 5.25 Å². The molecule has 1 saturated carbocycles. The first-order valence-electron chi connectivity index (χ1n) is 5.36. The lowest BCUT2D eigenvalue weighted by atomic mass is 9.92. The van der Waals surface area contributed by atoms with Crippen molar-refractivity contribution in [1.29, 1.82) is 0 Å². The second kappa shape index (κ2) is 4.18. The van der Waals surface area contributed by atoms with E-state index in [4.69, 9.17) is 0 Å². The van der Waals surface area contributed by atoms with Gasteiger partial charge in [0.05, 0.1) is 10.9 Å². The Morgan fingerprint density at radius 2 is 2.25 bits per heavy atom. The molecule has 6 heteroatoms. The van der Waals surface area contributed by atoms with Gasteiger partial charge in [-0.25, -0.2) is 8.42 Å². The topological polar surface area (TPSA) is 64.0 Å². The Morgan fingerprint density at radius 1 is 1.56 bits per heavy atom. The summed E-state index contributed by atoms with van der Waals surface area (Å²) in [5.74, 6) is 0. The zero-order chi connectivity index (χ0) is 11.8. The lowest BCUT2D eigenvalue weighted by molar-refractivity contribution is 0.335. The van der Waals surface area contributed by atoms with Crippen LogP contribution in [-0.4, -0.2) is 35.7 Å². The number of nitrogens with one attached hydrogen (secondary N) is 1. The van der Waals surface area contributed by atoms with Gasteiger partial charge in [0.15, 0.2) is 0 Å². The Morgan fingerprint density at radius 3 is 2.75 bits per heavy atom. The SMILES string of the molecule is Cn1nccc1CNC1CC(S(C)(=O)=O)C1. The van der Waals surface area contributed by atoms with E-state index in [1.807, 2.05) is 17.8 Å². The minimum atomic E-state index is -2.84. The van der Waals surface area contributed by atoms with Gasteiger partial charge in [0, 0.05) is 32.1 Å². The maximum atomic E-state index is 11.2. The molecule has 1 fully saturated rings. The van der Waals surface area contributed by atoms with Crippen LogP contribution in [0.4, 0.5) is 0 Å². The number of aryl methyl sites for hydroxylation is 1. The van der Waals surface area contributed by atoms with E-state index in [0.717, 1.165) is 25.1 Å². The lowest BCUT2D eigenvalue weighted by Crippen LogP contribution is -2.47. The first kappa shape index (κ1) is 11.6. The van der Waals surface area contributed by atoms with E-state index in [0.29, 0.717) is 6.04 Å². The predicted octanol–water partition coefficient (Wildman–Crippen LogP) is 0.0853. The summed E-state index contributed by atoms with van der Waals surface area (Å²) in [5.41, 5.74) is 1.11. The maximum absolute atomic E-state index is 11.2. The summed E-state index contributed by atoms with van der Waals surface area (Å²) in [4.78, 5) is 0. The largest absolute Gasteiger partial charge is 0.308 e. The average Bonchev–Trinajstić information content (AvgIpc) is 2.46. The molecule has 0 bridgehead atoms. The summed E-state index contributed by atoms with van der Waals surface area (Å²) in [7, 11) is -0.937. The summed E-state index contributed by atoms with van der Waals surface area (Å²) in [6, 6.07) is 2.29. The van der Waals surface area contributed by atoms with Crippen LogP contribution < -0.4 is 5.32 Å². The van der Waals surface area contributed by atoms with Crippen molar-refractivity contribution >= 4 is 9.84 Å². The van der Waals surface area contributed by atoms with Crippen LogP contribution in [0.25, 0.3) is 0 Å². The van der Waals surface area contributed by atoms with Gasteiger partial charge in [0.1, 0.15) is 9.84 Å². The zero-order valence-electron chi connectivity index (χ0n) is 9.55. The van der Waals surface area contributed by atoms with E-state index < -0.39 is 9.84 Å². The third-order valence-corrected chi connectivity index (χ3v) is 4.79. The Bertz CT molecular complexity index is 460. The molecule has 0 aromatic carbocycles. The number of sulfone groups is 1. The van der Waals surface area contributed by atoms with Crippen LogP contribution in [0.2, 0.25) is 0 Å². The normalized spacial score (nSPS) is 25.4. The Hall–Kier alpha value is -0.880. The number of aromatic nitrogens is 2. The van der Waals surface area contributed by atoms with Crippen LogP contribution >= 0.6 is 0 Å². The minimum absolute atomic E-state index is 0.142. The van der Waals surface area contributed by atoms with E-state index in [1.165, 1.54) is 6.26 Å². The van der Waals surface area contributed by atoms with Gasteiger partial charge in [-0.1, -0.05) is 0 Å². The summed E-state index contributed by atoms with van der Waals surface area (Å²) < 4.78 is 24.2. The van der Waals surface area contributed by atoms with E-state index >= 15 is 0 Å². The Balaban J connectivity index is 1.77. The molecule has 2 rings (SSSR count). The smallest absolute Gasteiger partial charge is 0.150 e. The molecular weight excluding hydrogens is 226 g/mol. The summed E-state index contributed by atoms with van der Waals surface area (Å²) in [6.45, 7) is 0.748. The summed E-state index contributed by atoms with van der Waals surface area (Å²) >= 11 is 0. The summed E-state index contributed by atoms with van der Waals surface area (Å²) in [5, 5.41) is 7.27. The van der Waals surface area contributed by atoms with Gasteiger partial charge in [-0.05, 0) is 18.9 Å². The van der Waals surface area contributed by atoms with Crippen LogP contribution in [0.15, 0.2) is 12.3 Å². The number of nitrogens with zero attached hydrogens (tertiary/aromatic N) is 2. The second-order valence-electron chi connectivity index (χ2n) is 4.45. The maximum Gasteiger partial charge on any atom is 0.150 e. The van der Waals surface area contributed by atoms with E-state index in [1.54, 1.807) is 6.20 Å². The van der Waals surface area contributed by atoms with Crippen molar-refractivity contribution in [3.05, 3.63) is 18.0 Å². The van der Waals surface area contributed by atoms with Crippen molar-refractivity contribution in [2.45, 2.75) is 30.7 Å².